The average Bonchev–Trinajstić information content (AvgIpc) is 3.23. The largest absolute Gasteiger partial charge is 0.493 e. The summed E-state index contributed by atoms with van der Waals surface area (Å²) in [4.78, 5) is 27.3. The number of nitrogens with zero attached hydrogens (tertiary/aromatic N) is 3. The first-order valence-electron chi connectivity index (χ1n) is 11.1. The Kier molecular flexibility index (Phi) is 7.59. The minimum atomic E-state index is -0.479. The second-order valence-corrected chi connectivity index (χ2v) is 9.59. The number of ether oxygens (including phenoxy) is 2. The molecule has 0 aromatic heterocycles. The lowest BCUT2D eigenvalue weighted by Crippen LogP contribution is -2.40. The highest BCUT2D eigenvalue weighted by molar-refractivity contribution is 6.03. The SMILES string of the molecule is COc1ccc(C2CC(c3ccccc3F)=NN2C(=O)CN(C)C(=O)CC(C)(C)C)cc1OC. The first-order chi connectivity index (χ1) is 16.0. The third-order valence-corrected chi connectivity index (χ3v) is 5.62. The molecule has 0 aliphatic carbocycles. The lowest BCUT2D eigenvalue weighted by molar-refractivity contribution is -0.141. The minimum Gasteiger partial charge on any atom is -0.493 e. The number of carbonyl (C=O) groups excluding carboxylic acids is 2. The Bertz CT molecular complexity index is 1090. The molecule has 0 N–H and O–H groups in total. The van der Waals surface area contributed by atoms with Crippen LogP contribution in [0.2, 0.25) is 0 Å². The van der Waals surface area contributed by atoms with E-state index in [1.807, 2.05) is 26.8 Å². The number of methoxy groups -OCH3 is 2. The number of benzene rings is 2. The van der Waals surface area contributed by atoms with Crippen LogP contribution in [0.3, 0.4) is 0 Å². The van der Waals surface area contributed by atoms with Gasteiger partial charge >= 0.3 is 0 Å². The molecular formula is C26H32FN3O4. The second-order valence-electron chi connectivity index (χ2n) is 9.59. The molecule has 1 heterocycles. The van der Waals surface area contributed by atoms with Gasteiger partial charge in [-0.1, -0.05) is 45.0 Å². The maximum atomic E-state index is 14.5. The van der Waals surface area contributed by atoms with Gasteiger partial charge in [0.2, 0.25) is 5.91 Å². The minimum absolute atomic E-state index is 0.124. The van der Waals surface area contributed by atoms with E-state index in [0.29, 0.717) is 35.6 Å². The monoisotopic (exact) mass is 469 g/mol. The molecule has 2 aromatic rings. The topological polar surface area (TPSA) is 71.4 Å². The summed E-state index contributed by atoms with van der Waals surface area (Å²) in [5.41, 5.74) is 1.39. The molecule has 1 aliphatic heterocycles. The first-order valence-corrected chi connectivity index (χ1v) is 11.1. The molecule has 0 bridgehead atoms. The van der Waals surface area contributed by atoms with Crippen molar-refractivity contribution in [3.8, 4) is 11.5 Å². The molecule has 182 valence electrons. The van der Waals surface area contributed by atoms with Gasteiger partial charge < -0.3 is 14.4 Å². The molecule has 0 radical (unpaired) electrons. The average molecular weight is 470 g/mol. The zero-order chi connectivity index (χ0) is 25.0. The molecule has 0 fully saturated rings. The summed E-state index contributed by atoms with van der Waals surface area (Å²) in [6.45, 7) is 5.78. The number of amides is 2. The molecule has 1 aliphatic rings. The summed E-state index contributed by atoms with van der Waals surface area (Å²) < 4.78 is 25.3. The summed E-state index contributed by atoms with van der Waals surface area (Å²) in [5, 5.41) is 5.86. The van der Waals surface area contributed by atoms with Crippen LogP contribution in [0, 0.1) is 11.2 Å². The van der Waals surface area contributed by atoms with Gasteiger partial charge in [0.25, 0.3) is 5.91 Å². The highest BCUT2D eigenvalue weighted by atomic mass is 19.1. The molecule has 1 unspecified atom stereocenters. The molecule has 0 saturated heterocycles. The Balaban J connectivity index is 1.93. The van der Waals surface area contributed by atoms with Crippen LogP contribution in [0.25, 0.3) is 0 Å². The van der Waals surface area contributed by atoms with Gasteiger partial charge in [0.1, 0.15) is 12.4 Å². The van der Waals surface area contributed by atoms with E-state index in [0.717, 1.165) is 5.56 Å². The van der Waals surface area contributed by atoms with Crippen LogP contribution < -0.4 is 9.47 Å². The normalized spacial score (nSPS) is 15.7. The van der Waals surface area contributed by atoms with Gasteiger partial charge in [0, 0.05) is 25.5 Å². The molecule has 34 heavy (non-hydrogen) atoms. The molecular weight excluding hydrogens is 437 g/mol. The smallest absolute Gasteiger partial charge is 0.262 e. The number of carbonyl (C=O) groups is 2. The van der Waals surface area contributed by atoms with Gasteiger partial charge in [0.15, 0.2) is 11.5 Å². The number of rotatable bonds is 7. The fourth-order valence-electron chi connectivity index (χ4n) is 3.87. The predicted octanol–water partition coefficient (Wildman–Crippen LogP) is 4.42. The van der Waals surface area contributed by atoms with Crippen molar-refractivity contribution < 1.29 is 23.5 Å². The van der Waals surface area contributed by atoms with E-state index in [-0.39, 0.29) is 23.8 Å². The summed E-state index contributed by atoms with van der Waals surface area (Å²) in [5.74, 6) is 0.199. The maximum Gasteiger partial charge on any atom is 0.262 e. The van der Waals surface area contributed by atoms with Crippen molar-refractivity contribution in [2.45, 2.75) is 39.7 Å². The predicted molar refractivity (Wildman–Crippen MR) is 128 cm³/mol. The lowest BCUT2D eigenvalue weighted by Gasteiger charge is -2.27. The summed E-state index contributed by atoms with van der Waals surface area (Å²) in [6.07, 6.45) is 0.640. The Morgan fingerprint density at radius 2 is 1.79 bits per heavy atom. The quantitative estimate of drug-likeness (QED) is 0.602. The zero-order valence-corrected chi connectivity index (χ0v) is 20.6. The Morgan fingerprint density at radius 1 is 1.12 bits per heavy atom. The first kappa shape index (κ1) is 25.2. The van der Waals surface area contributed by atoms with Crippen molar-refractivity contribution in [3.63, 3.8) is 0 Å². The van der Waals surface area contributed by atoms with E-state index in [9.17, 15) is 14.0 Å². The standard InChI is InChI=1S/C26H32FN3O4/c1-26(2,3)15-24(31)29(4)16-25(32)30-21(17-11-12-22(33-5)23(13-17)34-6)14-20(28-30)18-9-7-8-10-19(18)27/h7-13,21H,14-16H2,1-6H3. The fraction of sp³-hybridized carbons (Fsp3) is 0.423. The lowest BCUT2D eigenvalue weighted by atomic mass is 9.92. The van der Waals surface area contributed by atoms with E-state index in [2.05, 4.69) is 5.10 Å². The molecule has 2 aromatic carbocycles. The number of halogens is 1. The van der Waals surface area contributed by atoms with Crippen LogP contribution in [0.1, 0.15) is 50.8 Å². The Morgan fingerprint density at radius 3 is 2.41 bits per heavy atom. The third-order valence-electron chi connectivity index (χ3n) is 5.62. The highest BCUT2D eigenvalue weighted by Crippen LogP contribution is 2.37. The molecule has 7 nitrogen and oxygen atoms in total. The zero-order valence-electron chi connectivity index (χ0n) is 20.6. The third kappa shape index (κ3) is 5.73. The second kappa shape index (κ2) is 10.2. The van der Waals surface area contributed by atoms with Gasteiger partial charge in [-0.3, -0.25) is 9.59 Å². The van der Waals surface area contributed by atoms with Crippen molar-refractivity contribution in [1.82, 2.24) is 9.91 Å². The van der Waals surface area contributed by atoms with E-state index < -0.39 is 11.9 Å². The van der Waals surface area contributed by atoms with Gasteiger partial charge in [-0.25, -0.2) is 9.40 Å². The van der Waals surface area contributed by atoms with Crippen LogP contribution in [0.5, 0.6) is 11.5 Å². The molecule has 0 spiro atoms. The van der Waals surface area contributed by atoms with Crippen molar-refractivity contribution in [3.05, 3.63) is 59.4 Å². The van der Waals surface area contributed by atoms with E-state index in [1.165, 1.54) is 23.1 Å². The van der Waals surface area contributed by atoms with Crippen LogP contribution >= 0.6 is 0 Å². The van der Waals surface area contributed by atoms with Crippen LogP contribution in [-0.4, -0.2) is 55.2 Å². The van der Waals surface area contributed by atoms with Crippen molar-refractivity contribution >= 4 is 17.5 Å². The van der Waals surface area contributed by atoms with Gasteiger partial charge in [-0.2, -0.15) is 5.10 Å². The summed E-state index contributed by atoms with van der Waals surface area (Å²) in [7, 11) is 4.69. The summed E-state index contributed by atoms with van der Waals surface area (Å²) >= 11 is 0. The fourth-order valence-corrected chi connectivity index (χ4v) is 3.87. The van der Waals surface area contributed by atoms with E-state index >= 15 is 0 Å². The highest BCUT2D eigenvalue weighted by Gasteiger charge is 2.35. The van der Waals surface area contributed by atoms with Crippen LogP contribution in [0.15, 0.2) is 47.6 Å². The molecule has 2 amide bonds. The van der Waals surface area contributed by atoms with Gasteiger partial charge in [0.05, 0.1) is 26.0 Å². The van der Waals surface area contributed by atoms with E-state index in [4.69, 9.17) is 9.47 Å². The molecule has 8 heteroatoms. The Labute approximate surface area is 200 Å². The van der Waals surface area contributed by atoms with Crippen molar-refractivity contribution in [1.29, 1.82) is 0 Å². The van der Waals surface area contributed by atoms with Crippen molar-refractivity contribution in [2.24, 2.45) is 10.5 Å². The van der Waals surface area contributed by atoms with Crippen molar-refractivity contribution in [2.75, 3.05) is 27.8 Å². The van der Waals surface area contributed by atoms with E-state index in [1.54, 1.807) is 44.5 Å². The summed E-state index contributed by atoms with van der Waals surface area (Å²) in [6, 6.07) is 11.3. The number of hydrazone groups is 1. The number of hydrogen-bond acceptors (Lipinski definition) is 5. The molecule has 3 rings (SSSR count). The number of likely N-dealkylation sites (N-methyl/N-ethyl adjacent to an activating group) is 1. The van der Waals surface area contributed by atoms with Gasteiger partial charge in [-0.05, 0) is 29.2 Å². The number of hydrogen-bond donors (Lipinski definition) is 0. The molecule has 1 atom stereocenters. The Hall–Kier alpha value is -3.42. The maximum absolute atomic E-state index is 14.5. The molecule has 0 saturated carbocycles. The van der Waals surface area contributed by atoms with Crippen LogP contribution in [0.4, 0.5) is 4.39 Å². The van der Waals surface area contributed by atoms with Gasteiger partial charge in [-0.15, -0.1) is 0 Å². The van der Waals surface area contributed by atoms with Crippen LogP contribution in [-0.2, 0) is 9.59 Å².